The van der Waals surface area contributed by atoms with Gasteiger partial charge in [0.15, 0.2) is 24.1 Å². The second kappa shape index (κ2) is 11.9. The van der Waals surface area contributed by atoms with Gasteiger partial charge in [-0.05, 0) is 24.1 Å². The second-order valence-electron chi connectivity index (χ2n) is 7.75. The summed E-state index contributed by atoms with van der Waals surface area (Å²) in [6.45, 7) is 6.03. The first-order chi connectivity index (χ1) is 15.9. The number of aryl methyl sites for hydroxylation is 1. The molecule has 1 fully saturated rings. The van der Waals surface area contributed by atoms with E-state index in [9.17, 15) is 24.0 Å². The molecular weight excluding hydrogens is 472 g/mol. The van der Waals surface area contributed by atoms with Gasteiger partial charge in [0.2, 0.25) is 0 Å². The average molecular weight is 499 g/mol. The third kappa shape index (κ3) is 7.01. The lowest BCUT2D eigenvalue weighted by Crippen LogP contribution is -2.59. The zero-order chi connectivity index (χ0) is 25.6. The molecule has 11 heteroatoms. The van der Waals surface area contributed by atoms with E-state index in [1.165, 1.54) is 6.92 Å². The van der Waals surface area contributed by atoms with Crippen LogP contribution in [0.2, 0.25) is 0 Å². The number of Topliss-reactive ketones (excluding diaryl/α,β-unsaturated/α-hetero) is 1. The summed E-state index contributed by atoms with van der Waals surface area (Å²) in [5.74, 6) is -3.34. The molecule has 0 N–H and O–H groups in total. The minimum absolute atomic E-state index is 0.247. The van der Waals surface area contributed by atoms with Gasteiger partial charge in [0.05, 0.1) is 5.88 Å². The maximum absolute atomic E-state index is 12.3. The van der Waals surface area contributed by atoms with Gasteiger partial charge >= 0.3 is 23.9 Å². The van der Waals surface area contributed by atoms with Gasteiger partial charge in [0, 0.05) is 33.3 Å². The molecule has 1 aliphatic heterocycles. The van der Waals surface area contributed by atoms with Crippen molar-refractivity contribution in [3.05, 3.63) is 34.9 Å². The van der Waals surface area contributed by atoms with E-state index in [-0.39, 0.29) is 18.3 Å². The molecule has 34 heavy (non-hydrogen) atoms. The van der Waals surface area contributed by atoms with Gasteiger partial charge in [-0.3, -0.25) is 24.0 Å². The Bertz CT molecular complexity index is 959. The zero-order valence-electron chi connectivity index (χ0n) is 19.5. The highest BCUT2D eigenvalue weighted by Crippen LogP contribution is 2.38. The molecule has 5 unspecified atom stereocenters. The molecule has 1 aromatic carbocycles. The summed E-state index contributed by atoms with van der Waals surface area (Å²) in [4.78, 5) is 59.4. The number of rotatable bonds is 8. The average Bonchev–Trinajstić information content (AvgIpc) is 2.74. The number of ketones is 1. The molecular formula is C23H27ClO10. The van der Waals surface area contributed by atoms with Crippen LogP contribution < -0.4 is 0 Å². The molecule has 0 amide bonds. The van der Waals surface area contributed by atoms with Crippen molar-refractivity contribution in [2.45, 2.75) is 65.1 Å². The Morgan fingerprint density at radius 3 is 1.94 bits per heavy atom. The van der Waals surface area contributed by atoms with Crippen molar-refractivity contribution in [2.75, 3.05) is 12.5 Å². The lowest BCUT2D eigenvalue weighted by molar-refractivity contribution is -0.254. The van der Waals surface area contributed by atoms with Gasteiger partial charge in [0.1, 0.15) is 18.8 Å². The van der Waals surface area contributed by atoms with Crippen molar-refractivity contribution >= 4 is 41.3 Å². The van der Waals surface area contributed by atoms with E-state index < -0.39 is 54.4 Å². The van der Waals surface area contributed by atoms with Crippen LogP contribution in [-0.2, 0) is 42.9 Å². The first-order valence-corrected chi connectivity index (χ1v) is 11.0. The minimum atomic E-state index is -1.29. The van der Waals surface area contributed by atoms with Crippen molar-refractivity contribution in [3.63, 3.8) is 0 Å². The second-order valence-corrected chi connectivity index (χ2v) is 8.02. The van der Waals surface area contributed by atoms with Crippen LogP contribution in [0.25, 0.3) is 0 Å². The van der Waals surface area contributed by atoms with Gasteiger partial charge < -0.3 is 23.7 Å². The molecule has 186 valence electrons. The first kappa shape index (κ1) is 27.3. The number of carbonyl (C=O) groups is 5. The van der Waals surface area contributed by atoms with Crippen LogP contribution in [0.5, 0.6) is 0 Å². The van der Waals surface area contributed by atoms with E-state index in [4.69, 9.17) is 35.3 Å². The van der Waals surface area contributed by atoms with Crippen molar-refractivity contribution < 1.29 is 47.7 Å². The monoisotopic (exact) mass is 498 g/mol. The van der Waals surface area contributed by atoms with Gasteiger partial charge in [-0.2, -0.15) is 0 Å². The Hall–Kier alpha value is -2.98. The molecule has 10 nitrogen and oxygen atoms in total. The van der Waals surface area contributed by atoms with Crippen molar-refractivity contribution in [2.24, 2.45) is 0 Å². The van der Waals surface area contributed by atoms with E-state index >= 15 is 0 Å². The highest BCUT2D eigenvalue weighted by atomic mass is 35.5. The Balaban J connectivity index is 2.63. The molecule has 0 bridgehead atoms. The third-order valence-electron chi connectivity index (χ3n) is 5.00. The van der Waals surface area contributed by atoms with Crippen LogP contribution >= 0.6 is 11.6 Å². The van der Waals surface area contributed by atoms with Crippen molar-refractivity contribution in [1.82, 2.24) is 0 Å². The molecule has 5 atom stereocenters. The largest absolute Gasteiger partial charge is 0.463 e. The van der Waals surface area contributed by atoms with Crippen LogP contribution in [0.3, 0.4) is 0 Å². The van der Waals surface area contributed by atoms with Crippen molar-refractivity contribution in [1.29, 1.82) is 0 Å². The molecule has 0 spiro atoms. The molecule has 0 aromatic heterocycles. The zero-order valence-corrected chi connectivity index (χ0v) is 20.2. The number of hydrogen-bond acceptors (Lipinski definition) is 10. The maximum atomic E-state index is 12.3. The Kier molecular flexibility index (Phi) is 9.57. The Morgan fingerprint density at radius 2 is 1.41 bits per heavy atom. The van der Waals surface area contributed by atoms with E-state index in [1.807, 2.05) is 0 Å². The van der Waals surface area contributed by atoms with Crippen LogP contribution in [-0.4, -0.2) is 66.6 Å². The smallest absolute Gasteiger partial charge is 0.303 e. The van der Waals surface area contributed by atoms with E-state index in [2.05, 4.69) is 0 Å². The van der Waals surface area contributed by atoms with Gasteiger partial charge in [0.25, 0.3) is 0 Å². The summed E-state index contributed by atoms with van der Waals surface area (Å²) in [5.41, 5.74) is 1.41. The fraction of sp³-hybridized carbons (Fsp3) is 0.522. The lowest BCUT2D eigenvalue weighted by atomic mass is 9.89. The van der Waals surface area contributed by atoms with Gasteiger partial charge in [-0.25, -0.2) is 0 Å². The molecule has 0 saturated carbocycles. The van der Waals surface area contributed by atoms with Crippen LogP contribution in [0.1, 0.15) is 55.3 Å². The minimum Gasteiger partial charge on any atom is -0.463 e. The molecule has 0 aliphatic carbocycles. The standard InChI is InChI=1S/C23H27ClO10/c1-11-6-7-16(8-17(11)18(29)9-24)20-22(32-14(4)27)23(33-15(5)28)21(31-13(3)26)19(34-20)10-30-12(2)25/h6-8,19-23H,9-10H2,1-5H3. The molecule has 1 heterocycles. The molecule has 1 aliphatic rings. The first-order valence-electron chi connectivity index (χ1n) is 10.4. The summed E-state index contributed by atoms with van der Waals surface area (Å²) in [6, 6.07) is 4.87. The summed E-state index contributed by atoms with van der Waals surface area (Å²) in [5, 5.41) is 0. The Labute approximate surface area is 201 Å². The van der Waals surface area contributed by atoms with Crippen LogP contribution in [0, 0.1) is 6.92 Å². The maximum Gasteiger partial charge on any atom is 0.303 e. The number of alkyl halides is 1. The van der Waals surface area contributed by atoms with Gasteiger partial charge in [-0.1, -0.05) is 12.1 Å². The van der Waals surface area contributed by atoms with Gasteiger partial charge in [-0.15, -0.1) is 11.6 Å². The quantitative estimate of drug-likeness (QED) is 0.227. The summed E-state index contributed by atoms with van der Waals surface area (Å²) in [7, 11) is 0. The van der Waals surface area contributed by atoms with Crippen LogP contribution in [0.4, 0.5) is 0 Å². The van der Waals surface area contributed by atoms with Crippen molar-refractivity contribution in [3.8, 4) is 0 Å². The molecule has 1 aromatic rings. The molecule has 1 saturated heterocycles. The summed E-state index contributed by atoms with van der Waals surface area (Å²) < 4.78 is 27.4. The SMILES string of the molecule is CC(=O)OCC1OC(c2ccc(C)c(C(=O)CCl)c2)C(OC(C)=O)C(OC(C)=O)C1OC(C)=O. The fourth-order valence-corrected chi connectivity index (χ4v) is 3.83. The predicted octanol–water partition coefficient (Wildman–Crippen LogP) is 2.21. The number of halogens is 1. The Morgan fingerprint density at radius 1 is 0.853 bits per heavy atom. The lowest BCUT2D eigenvalue weighted by Gasteiger charge is -2.44. The van der Waals surface area contributed by atoms with E-state index in [1.54, 1.807) is 25.1 Å². The topological polar surface area (TPSA) is 132 Å². The molecule has 0 radical (unpaired) electrons. The highest BCUT2D eigenvalue weighted by Gasteiger charge is 2.52. The number of ether oxygens (including phenoxy) is 5. The molecule has 2 rings (SSSR count). The fourth-order valence-electron chi connectivity index (χ4n) is 3.69. The van der Waals surface area contributed by atoms with E-state index in [0.29, 0.717) is 16.7 Å². The predicted molar refractivity (Wildman–Crippen MR) is 117 cm³/mol. The number of esters is 4. The summed E-state index contributed by atoms with van der Waals surface area (Å²) in [6.07, 6.45) is -5.94. The third-order valence-corrected chi connectivity index (χ3v) is 5.25. The van der Waals surface area contributed by atoms with E-state index in [0.717, 1.165) is 20.8 Å². The summed E-state index contributed by atoms with van der Waals surface area (Å²) >= 11 is 5.73. The number of hydrogen-bond donors (Lipinski definition) is 0. The highest BCUT2D eigenvalue weighted by molar-refractivity contribution is 6.30. The van der Waals surface area contributed by atoms with Crippen LogP contribution in [0.15, 0.2) is 18.2 Å². The number of benzene rings is 1. The normalized spacial score (nSPS) is 24.0. The number of carbonyl (C=O) groups excluding carboxylic acids is 5.